The van der Waals surface area contributed by atoms with Gasteiger partial charge in [-0.2, -0.15) is 0 Å². The van der Waals surface area contributed by atoms with Gasteiger partial charge in [0.1, 0.15) is 30.3 Å². The predicted octanol–water partition coefficient (Wildman–Crippen LogP) is 6.91. The van der Waals surface area contributed by atoms with Gasteiger partial charge in [-0.25, -0.2) is 4.98 Å². The lowest BCUT2D eigenvalue weighted by atomic mass is 10.1. The first-order valence-corrected chi connectivity index (χ1v) is 14.6. The van der Waals surface area contributed by atoms with Gasteiger partial charge in [-0.15, -0.1) is 0 Å². The second kappa shape index (κ2) is 14.1. The monoisotopic (exact) mass is 577 g/mol. The van der Waals surface area contributed by atoms with Gasteiger partial charge in [-0.3, -0.25) is 9.69 Å². The van der Waals surface area contributed by atoms with Crippen LogP contribution in [0.5, 0.6) is 11.5 Å². The Morgan fingerprint density at radius 3 is 2.23 bits per heavy atom. The summed E-state index contributed by atoms with van der Waals surface area (Å²) >= 11 is 0. The Morgan fingerprint density at radius 2 is 1.53 bits per heavy atom. The third-order valence-electron chi connectivity index (χ3n) is 7.52. The van der Waals surface area contributed by atoms with Gasteiger partial charge in [0.25, 0.3) is 0 Å². The minimum Gasteiger partial charge on any atom is -0.489 e. The summed E-state index contributed by atoms with van der Waals surface area (Å²) in [6.45, 7) is 8.33. The van der Waals surface area contributed by atoms with Crippen molar-refractivity contribution in [1.29, 1.82) is 0 Å². The Hall–Kier alpha value is -4.46. The van der Waals surface area contributed by atoms with Gasteiger partial charge >= 0.3 is 0 Å². The molecule has 0 bridgehead atoms. The summed E-state index contributed by atoms with van der Waals surface area (Å²) in [6.07, 6.45) is 1.98. The number of nitrogens with two attached hydrogens (primary N) is 1. The second-order valence-electron chi connectivity index (χ2n) is 11.1. The number of ketones is 1. The standard InChI is InChI=1S/C36H39N3O4/c1-25-8-6-10-28(18-25)22-41-34-13-5-4-12-30(34)20-39(17-16-32(37)27(3)40)21-31-14-15-33-36(43-24-38-33)35(31)42-23-29-11-7-9-26(2)19-29/h4-15,18-19,24,32H,16-17,20-23,37H2,1-3H3/t32-/m0/s1. The fraction of sp³-hybridized carbons (Fsp3) is 0.278. The molecule has 5 aromatic rings. The van der Waals surface area contributed by atoms with E-state index in [1.807, 2.05) is 42.5 Å². The second-order valence-corrected chi connectivity index (χ2v) is 11.1. The molecule has 4 aromatic carbocycles. The molecule has 1 heterocycles. The van der Waals surface area contributed by atoms with E-state index in [4.69, 9.17) is 19.6 Å². The first-order valence-electron chi connectivity index (χ1n) is 14.6. The van der Waals surface area contributed by atoms with Crippen LogP contribution in [0, 0.1) is 13.8 Å². The van der Waals surface area contributed by atoms with Crippen LogP contribution < -0.4 is 15.2 Å². The van der Waals surface area contributed by atoms with Gasteiger partial charge in [0.15, 0.2) is 17.7 Å². The largest absolute Gasteiger partial charge is 0.489 e. The van der Waals surface area contributed by atoms with Gasteiger partial charge < -0.3 is 19.6 Å². The third kappa shape index (κ3) is 8.09. The zero-order valence-electron chi connectivity index (χ0n) is 25.1. The number of rotatable bonds is 14. The molecule has 0 radical (unpaired) electrons. The molecule has 0 aliphatic carbocycles. The number of aryl methyl sites for hydroxylation is 2. The van der Waals surface area contributed by atoms with Crippen molar-refractivity contribution >= 4 is 16.9 Å². The number of aromatic nitrogens is 1. The molecule has 0 fully saturated rings. The molecule has 0 spiro atoms. The van der Waals surface area contributed by atoms with E-state index in [1.165, 1.54) is 17.5 Å². The van der Waals surface area contributed by atoms with Crippen molar-refractivity contribution in [2.45, 2.75) is 59.5 Å². The summed E-state index contributed by atoms with van der Waals surface area (Å²) in [5.74, 6) is 1.47. The average molecular weight is 578 g/mol. The number of carbonyl (C=O) groups excluding carboxylic acids is 1. The van der Waals surface area contributed by atoms with Crippen LogP contribution in [-0.4, -0.2) is 28.3 Å². The van der Waals surface area contributed by atoms with Crippen LogP contribution in [0.3, 0.4) is 0 Å². The van der Waals surface area contributed by atoms with E-state index in [-0.39, 0.29) is 5.78 Å². The number of oxazole rings is 1. The number of Topliss-reactive ketones (excluding diaryl/α,β-unsaturated/α-hetero) is 1. The molecule has 0 saturated carbocycles. The number of para-hydroxylation sites is 1. The molecular formula is C36H39N3O4. The van der Waals surface area contributed by atoms with Crippen molar-refractivity contribution in [2.75, 3.05) is 6.54 Å². The molecule has 0 saturated heterocycles. The van der Waals surface area contributed by atoms with Crippen molar-refractivity contribution < 1.29 is 18.7 Å². The highest BCUT2D eigenvalue weighted by molar-refractivity contribution is 5.81. The first kappa shape index (κ1) is 30.0. The maximum absolute atomic E-state index is 12.0. The van der Waals surface area contributed by atoms with Crippen LogP contribution in [0.1, 0.15) is 46.7 Å². The third-order valence-corrected chi connectivity index (χ3v) is 7.52. The lowest BCUT2D eigenvalue weighted by Crippen LogP contribution is -2.34. The topological polar surface area (TPSA) is 90.8 Å². The van der Waals surface area contributed by atoms with Gasteiger partial charge in [0, 0.05) is 30.8 Å². The van der Waals surface area contributed by atoms with E-state index in [2.05, 4.69) is 66.2 Å². The van der Waals surface area contributed by atoms with Gasteiger partial charge in [0.05, 0.1) is 6.04 Å². The van der Waals surface area contributed by atoms with E-state index >= 15 is 0 Å². The van der Waals surface area contributed by atoms with Crippen molar-refractivity contribution in [3.8, 4) is 11.5 Å². The van der Waals surface area contributed by atoms with Crippen molar-refractivity contribution in [3.63, 3.8) is 0 Å². The molecule has 0 aliphatic heterocycles. The molecule has 1 aromatic heterocycles. The van der Waals surface area contributed by atoms with Crippen LogP contribution in [0.4, 0.5) is 0 Å². The number of carbonyl (C=O) groups is 1. The summed E-state index contributed by atoms with van der Waals surface area (Å²) in [5, 5.41) is 0. The van der Waals surface area contributed by atoms with Gasteiger partial charge in [-0.1, -0.05) is 83.9 Å². The van der Waals surface area contributed by atoms with Gasteiger partial charge in [-0.05, 0) is 50.5 Å². The molecule has 0 aliphatic rings. The van der Waals surface area contributed by atoms with Crippen molar-refractivity contribution in [1.82, 2.24) is 9.88 Å². The van der Waals surface area contributed by atoms with Crippen molar-refractivity contribution in [2.24, 2.45) is 5.73 Å². The number of hydrogen-bond donors (Lipinski definition) is 1. The highest BCUT2D eigenvalue weighted by atomic mass is 16.5. The molecule has 0 unspecified atom stereocenters. The quantitative estimate of drug-likeness (QED) is 0.153. The SMILES string of the molecule is CC(=O)[C@@H](N)CCN(Cc1ccccc1OCc1cccc(C)c1)Cc1ccc2ncoc2c1OCc1cccc(C)c1. The number of ether oxygens (including phenoxy) is 2. The van der Waals surface area contributed by atoms with Crippen LogP contribution in [-0.2, 0) is 31.1 Å². The number of benzene rings is 4. The lowest BCUT2D eigenvalue weighted by Gasteiger charge is -2.26. The molecule has 43 heavy (non-hydrogen) atoms. The summed E-state index contributed by atoms with van der Waals surface area (Å²) in [7, 11) is 0. The van der Waals surface area contributed by atoms with Crippen LogP contribution in [0.2, 0.25) is 0 Å². The predicted molar refractivity (Wildman–Crippen MR) is 169 cm³/mol. The summed E-state index contributed by atoms with van der Waals surface area (Å²) < 4.78 is 18.5. The zero-order chi connectivity index (χ0) is 30.2. The van der Waals surface area contributed by atoms with Crippen LogP contribution in [0.15, 0.2) is 95.7 Å². The summed E-state index contributed by atoms with van der Waals surface area (Å²) in [5.41, 5.74) is 14.1. The number of nitrogens with zero attached hydrogens (tertiary/aromatic N) is 2. The molecule has 222 valence electrons. The Bertz CT molecular complexity index is 1680. The Morgan fingerprint density at radius 1 is 0.860 bits per heavy atom. The Labute approximate surface area is 253 Å². The maximum atomic E-state index is 12.0. The smallest absolute Gasteiger partial charge is 0.196 e. The molecule has 7 heteroatoms. The van der Waals surface area contributed by atoms with Crippen LogP contribution >= 0.6 is 0 Å². The van der Waals surface area contributed by atoms with Gasteiger partial charge in [0.2, 0.25) is 0 Å². The van der Waals surface area contributed by atoms with E-state index in [0.29, 0.717) is 50.6 Å². The van der Waals surface area contributed by atoms with E-state index < -0.39 is 6.04 Å². The summed E-state index contributed by atoms with van der Waals surface area (Å²) in [6, 6.07) is 28.1. The molecule has 0 amide bonds. The molecule has 7 nitrogen and oxygen atoms in total. The Balaban J connectivity index is 1.40. The number of fused-ring (bicyclic) bond motifs is 1. The minimum absolute atomic E-state index is 0.0212. The average Bonchev–Trinajstić information content (AvgIpc) is 3.48. The zero-order valence-corrected chi connectivity index (χ0v) is 25.1. The fourth-order valence-corrected chi connectivity index (χ4v) is 5.14. The Kier molecular flexibility index (Phi) is 9.87. The van der Waals surface area contributed by atoms with E-state index in [1.54, 1.807) is 6.92 Å². The highest BCUT2D eigenvalue weighted by Gasteiger charge is 2.19. The van der Waals surface area contributed by atoms with Crippen molar-refractivity contribution in [3.05, 3.63) is 125 Å². The number of hydrogen-bond acceptors (Lipinski definition) is 7. The van der Waals surface area contributed by atoms with E-state index in [0.717, 1.165) is 33.5 Å². The molecule has 5 rings (SSSR count). The highest BCUT2D eigenvalue weighted by Crippen LogP contribution is 2.32. The molecule has 2 N–H and O–H groups in total. The molecular weight excluding hydrogens is 538 g/mol. The van der Waals surface area contributed by atoms with Crippen LogP contribution in [0.25, 0.3) is 11.1 Å². The lowest BCUT2D eigenvalue weighted by molar-refractivity contribution is -0.118. The van der Waals surface area contributed by atoms with E-state index in [9.17, 15) is 4.79 Å². The molecule has 1 atom stereocenters. The maximum Gasteiger partial charge on any atom is 0.196 e. The fourth-order valence-electron chi connectivity index (χ4n) is 5.14. The minimum atomic E-state index is -0.524. The summed E-state index contributed by atoms with van der Waals surface area (Å²) in [4.78, 5) is 18.6. The normalized spacial score (nSPS) is 12.0. The first-order chi connectivity index (χ1) is 20.9.